The van der Waals surface area contributed by atoms with Crippen molar-refractivity contribution in [3.05, 3.63) is 107 Å². The zero-order valence-corrected chi connectivity index (χ0v) is 23.8. The van der Waals surface area contributed by atoms with E-state index in [9.17, 15) is 24.1 Å². The fourth-order valence-electron chi connectivity index (χ4n) is 5.04. The number of ether oxygens (including phenoxy) is 3. The summed E-state index contributed by atoms with van der Waals surface area (Å²) in [6.45, 7) is 3.91. The smallest absolute Gasteiger partial charge is 0.338 e. The van der Waals surface area contributed by atoms with Crippen LogP contribution in [0.25, 0.3) is 17.4 Å². The molecule has 0 saturated carbocycles. The number of benzene rings is 2. The molecule has 43 heavy (non-hydrogen) atoms. The molecule has 0 amide bonds. The predicted octanol–water partition coefficient (Wildman–Crippen LogP) is 4.61. The molecule has 0 saturated heterocycles. The van der Waals surface area contributed by atoms with Crippen molar-refractivity contribution in [2.75, 3.05) is 13.4 Å². The number of nitro benzene ring substituents is 1. The zero-order valence-electron chi connectivity index (χ0n) is 23.0. The largest absolute Gasteiger partial charge is 0.463 e. The summed E-state index contributed by atoms with van der Waals surface area (Å²) in [4.78, 5) is 42.8. The van der Waals surface area contributed by atoms with Gasteiger partial charge in [0.25, 0.3) is 5.56 Å². The minimum Gasteiger partial charge on any atom is -0.463 e. The minimum absolute atomic E-state index is 0.0691. The fraction of sp³-hybridized carbons (Fsp3) is 0.233. The second kappa shape index (κ2) is 11.3. The highest BCUT2D eigenvalue weighted by molar-refractivity contribution is 7.07. The molecule has 11 nitrogen and oxygen atoms in total. The molecule has 2 aliphatic rings. The number of hydrogen-bond acceptors (Lipinski definition) is 10. The molecular weight excluding hydrogens is 581 g/mol. The van der Waals surface area contributed by atoms with E-state index in [4.69, 9.17) is 23.6 Å². The number of aromatic nitrogens is 1. The van der Waals surface area contributed by atoms with Crippen LogP contribution in [0.1, 0.15) is 44.1 Å². The number of carbonyl (C=O) groups excluding carboxylic acids is 1. The Balaban J connectivity index is 1.48. The molecular formula is C30H24FN3O8S. The van der Waals surface area contributed by atoms with E-state index >= 15 is 0 Å². The highest BCUT2D eigenvalue weighted by Crippen LogP contribution is 2.39. The number of nitrogens with zero attached hydrogens (tertiary/aromatic N) is 3. The number of fused-ring (bicyclic) bond motifs is 2. The van der Waals surface area contributed by atoms with Crippen molar-refractivity contribution < 1.29 is 32.7 Å². The number of allylic oxidation sites excluding steroid dienone is 1. The first kappa shape index (κ1) is 28.1. The van der Waals surface area contributed by atoms with Crippen molar-refractivity contribution in [1.82, 2.24) is 4.57 Å². The Labute approximate surface area is 246 Å². The highest BCUT2D eigenvalue weighted by Gasteiger charge is 2.35. The molecule has 4 heterocycles. The lowest BCUT2D eigenvalue weighted by atomic mass is 9.94. The van der Waals surface area contributed by atoms with Crippen LogP contribution >= 0.6 is 11.3 Å². The van der Waals surface area contributed by atoms with Crippen LogP contribution in [0.2, 0.25) is 0 Å². The molecule has 0 radical (unpaired) electrons. The number of furan rings is 1. The van der Waals surface area contributed by atoms with E-state index in [0.717, 1.165) is 23.5 Å². The average molecular weight is 606 g/mol. The Bertz CT molecular complexity index is 1990. The molecule has 1 atom stereocenters. The Hall–Kier alpha value is -5.04. The van der Waals surface area contributed by atoms with Crippen molar-refractivity contribution in [2.24, 2.45) is 4.99 Å². The van der Waals surface area contributed by atoms with Crippen LogP contribution in [0, 0.1) is 15.9 Å². The third-order valence-corrected chi connectivity index (χ3v) is 7.91. The molecule has 2 aliphatic heterocycles. The van der Waals surface area contributed by atoms with Gasteiger partial charge < -0.3 is 18.6 Å². The van der Waals surface area contributed by atoms with Gasteiger partial charge in [0, 0.05) is 17.7 Å². The normalized spacial score (nSPS) is 15.8. The molecule has 2 aromatic heterocycles. The Morgan fingerprint density at radius 1 is 1.19 bits per heavy atom. The summed E-state index contributed by atoms with van der Waals surface area (Å²) >= 11 is 1.14. The van der Waals surface area contributed by atoms with Gasteiger partial charge in [0.2, 0.25) is 12.6 Å². The molecule has 0 aliphatic carbocycles. The third kappa shape index (κ3) is 5.12. The standard InChI is InChI=1S/C30H24FN3O8S/c1-3-5-20-26(29(36)39-4-2)27(17-7-10-23-24(13-17)41-15-40-23)33-28(35)25(43-30(33)32-20)14-18-8-11-22(42-18)16-6-9-19(31)21(12-16)34(37)38/h6-14,27H,3-5,15H2,1-2H3/b25-14-/t27-/m0/s1. The summed E-state index contributed by atoms with van der Waals surface area (Å²) < 4.78 is 37.9. The van der Waals surface area contributed by atoms with E-state index in [2.05, 4.69) is 0 Å². The van der Waals surface area contributed by atoms with Gasteiger partial charge in [0.15, 0.2) is 16.3 Å². The van der Waals surface area contributed by atoms with Crippen LogP contribution in [-0.2, 0) is 9.53 Å². The number of esters is 1. The van der Waals surface area contributed by atoms with Gasteiger partial charge in [-0.1, -0.05) is 30.7 Å². The Morgan fingerprint density at radius 2 is 2.00 bits per heavy atom. The van der Waals surface area contributed by atoms with Gasteiger partial charge in [0.05, 0.1) is 33.4 Å². The zero-order chi connectivity index (χ0) is 30.2. The summed E-state index contributed by atoms with van der Waals surface area (Å²) in [5, 5.41) is 11.2. The summed E-state index contributed by atoms with van der Waals surface area (Å²) in [6.07, 6.45) is 2.74. The Kier molecular flexibility index (Phi) is 7.40. The van der Waals surface area contributed by atoms with Gasteiger partial charge in [-0.15, -0.1) is 0 Å². The summed E-state index contributed by atoms with van der Waals surface area (Å²) in [5.41, 5.74) is 0.669. The molecule has 220 valence electrons. The number of hydrogen-bond donors (Lipinski definition) is 0. The number of halogens is 1. The number of rotatable bonds is 8. The fourth-order valence-corrected chi connectivity index (χ4v) is 6.04. The second-order valence-electron chi connectivity index (χ2n) is 9.65. The van der Waals surface area contributed by atoms with Crippen LogP contribution in [-0.4, -0.2) is 28.9 Å². The summed E-state index contributed by atoms with van der Waals surface area (Å²) in [6, 6.07) is 11.1. The summed E-state index contributed by atoms with van der Waals surface area (Å²) in [7, 11) is 0. The number of carbonyl (C=O) groups is 1. The molecule has 0 fully saturated rings. The predicted molar refractivity (Wildman–Crippen MR) is 153 cm³/mol. The molecule has 6 rings (SSSR count). The van der Waals surface area contributed by atoms with Crippen molar-refractivity contribution in [3.8, 4) is 22.8 Å². The van der Waals surface area contributed by atoms with Gasteiger partial charge in [-0.25, -0.2) is 9.79 Å². The maximum absolute atomic E-state index is 14.0. The van der Waals surface area contributed by atoms with Gasteiger partial charge in [0.1, 0.15) is 11.5 Å². The first-order chi connectivity index (χ1) is 20.8. The van der Waals surface area contributed by atoms with Crippen molar-refractivity contribution in [1.29, 1.82) is 0 Å². The lowest BCUT2D eigenvalue weighted by Gasteiger charge is -2.25. The molecule has 2 aromatic carbocycles. The first-order valence-electron chi connectivity index (χ1n) is 13.4. The van der Waals surface area contributed by atoms with E-state index < -0.39 is 34.0 Å². The van der Waals surface area contributed by atoms with Crippen LogP contribution < -0.4 is 24.4 Å². The van der Waals surface area contributed by atoms with Crippen LogP contribution in [0.15, 0.2) is 74.0 Å². The van der Waals surface area contributed by atoms with Crippen LogP contribution in [0.5, 0.6) is 11.5 Å². The average Bonchev–Trinajstić information content (AvgIpc) is 3.72. The molecule has 0 unspecified atom stereocenters. The van der Waals surface area contributed by atoms with Crippen molar-refractivity contribution in [2.45, 2.75) is 32.7 Å². The van der Waals surface area contributed by atoms with E-state index in [0.29, 0.717) is 51.7 Å². The lowest BCUT2D eigenvalue weighted by molar-refractivity contribution is -0.387. The van der Waals surface area contributed by atoms with Gasteiger partial charge >= 0.3 is 11.7 Å². The SMILES string of the molecule is CCCC1=C(C(=O)OCC)[C@H](c2ccc3c(c2)OCO3)n2c(s/c(=C\c3ccc(-c4ccc(F)c([N+](=O)[O-])c4)o3)c2=O)=N1. The van der Waals surface area contributed by atoms with Crippen LogP contribution in [0.4, 0.5) is 10.1 Å². The Morgan fingerprint density at radius 3 is 2.77 bits per heavy atom. The third-order valence-electron chi connectivity index (χ3n) is 6.93. The van der Waals surface area contributed by atoms with E-state index in [1.54, 1.807) is 37.3 Å². The molecule has 13 heteroatoms. The van der Waals surface area contributed by atoms with Gasteiger partial charge in [-0.05, 0) is 55.3 Å². The number of nitro groups is 1. The minimum atomic E-state index is -0.955. The number of thiazole rings is 1. The van der Waals surface area contributed by atoms with E-state index in [-0.39, 0.29) is 29.3 Å². The molecule has 0 bridgehead atoms. The van der Waals surface area contributed by atoms with Crippen molar-refractivity contribution >= 4 is 29.1 Å². The van der Waals surface area contributed by atoms with E-state index in [1.807, 2.05) is 6.92 Å². The van der Waals surface area contributed by atoms with Gasteiger partial charge in [-0.2, -0.15) is 4.39 Å². The maximum Gasteiger partial charge on any atom is 0.338 e. The lowest BCUT2D eigenvalue weighted by Crippen LogP contribution is -2.40. The second-order valence-corrected chi connectivity index (χ2v) is 10.7. The topological polar surface area (TPSA) is 135 Å². The van der Waals surface area contributed by atoms with Crippen molar-refractivity contribution in [3.63, 3.8) is 0 Å². The van der Waals surface area contributed by atoms with E-state index in [1.165, 1.54) is 16.7 Å². The summed E-state index contributed by atoms with van der Waals surface area (Å²) in [5.74, 6) is 0.104. The first-order valence-corrected chi connectivity index (χ1v) is 14.3. The quantitative estimate of drug-likeness (QED) is 0.161. The highest BCUT2D eigenvalue weighted by atomic mass is 32.1. The molecule has 0 spiro atoms. The van der Waals surface area contributed by atoms with Crippen LogP contribution in [0.3, 0.4) is 0 Å². The monoisotopic (exact) mass is 605 g/mol. The maximum atomic E-state index is 14.0. The molecule has 4 aromatic rings. The molecule has 0 N–H and O–H groups in total. The van der Waals surface area contributed by atoms with Gasteiger partial charge in [-0.3, -0.25) is 19.5 Å².